The number of halogens is 3. The van der Waals surface area contributed by atoms with E-state index in [1.165, 1.54) is 18.2 Å². The van der Waals surface area contributed by atoms with Crippen molar-refractivity contribution in [3.63, 3.8) is 0 Å². The van der Waals surface area contributed by atoms with Gasteiger partial charge in [-0.1, -0.05) is 6.07 Å². The third kappa shape index (κ3) is 5.19. The fraction of sp³-hybridized carbons (Fsp3) is 0.133. The average Bonchev–Trinajstić information content (AvgIpc) is 2.47. The van der Waals surface area contributed by atoms with E-state index in [2.05, 4.69) is 10.1 Å². The molecule has 0 spiro atoms. The molecule has 1 amide bonds. The number of anilines is 1. The Kier molecular flexibility index (Phi) is 5.04. The third-order valence-electron chi connectivity index (χ3n) is 3.10. The van der Waals surface area contributed by atoms with Crippen molar-refractivity contribution in [2.75, 3.05) is 5.32 Å². The van der Waals surface area contributed by atoms with Crippen LogP contribution in [0.4, 0.5) is 18.9 Å². The van der Waals surface area contributed by atoms with Gasteiger partial charge < -0.3 is 10.1 Å². The van der Waals surface area contributed by atoms with Gasteiger partial charge in [-0.2, -0.15) is 0 Å². The molecular formula is C15H13F3N2O4S. The van der Waals surface area contributed by atoms with E-state index in [0.29, 0.717) is 5.56 Å². The van der Waals surface area contributed by atoms with Crippen molar-refractivity contribution >= 4 is 21.6 Å². The topological polar surface area (TPSA) is 98.5 Å². The molecule has 0 aliphatic carbocycles. The summed E-state index contributed by atoms with van der Waals surface area (Å²) in [4.78, 5) is 12.0. The second-order valence-corrected chi connectivity index (χ2v) is 6.58. The Balaban J connectivity index is 2.17. The Morgan fingerprint density at radius 3 is 2.24 bits per heavy atom. The van der Waals surface area contributed by atoms with Gasteiger partial charge in [0.05, 0.1) is 4.90 Å². The van der Waals surface area contributed by atoms with Crippen molar-refractivity contribution in [3.8, 4) is 5.75 Å². The maximum atomic E-state index is 12.1. The Morgan fingerprint density at radius 1 is 1.12 bits per heavy atom. The average molecular weight is 374 g/mol. The summed E-state index contributed by atoms with van der Waals surface area (Å²) in [6.45, 7) is 1.55. The van der Waals surface area contributed by atoms with Crippen molar-refractivity contribution in [2.45, 2.75) is 18.2 Å². The Morgan fingerprint density at radius 2 is 1.72 bits per heavy atom. The van der Waals surface area contributed by atoms with Crippen LogP contribution in [0.25, 0.3) is 0 Å². The Hall–Kier alpha value is -2.59. The van der Waals surface area contributed by atoms with Gasteiger partial charge in [0, 0.05) is 11.3 Å². The molecule has 0 aliphatic heterocycles. The van der Waals surface area contributed by atoms with Crippen molar-refractivity contribution in [1.82, 2.24) is 0 Å². The summed E-state index contributed by atoms with van der Waals surface area (Å²) in [5, 5.41) is 7.53. The standard InChI is InChI=1S/C15H13F3N2O4S/c1-9-2-5-11(8-13(9)25(19,22)23)20-14(21)10-3-6-12(7-4-10)24-15(16,17)18/h2-8H,1H3,(H,20,21)(H2,19,22,23). The summed E-state index contributed by atoms with van der Waals surface area (Å²) in [7, 11) is -3.95. The summed E-state index contributed by atoms with van der Waals surface area (Å²) in [6.07, 6.45) is -4.82. The molecule has 10 heteroatoms. The van der Waals surface area contributed by atoms with E-state index in [4.69, 9.17) is 5.14 Å². The first-order chi connectivity index (χ1) is 11.5. The van der Waals surface area contributed by atoms with E-state index in [9.17, 15) is 26.4 Å². The van der Waals surface area contributed by atoms with Crippen LogP contribution in [0.1, 0.15) is 15.9 Å². The largest absolute Gasteiger partial charge is 0.573 e. The Bertz CT molecular complexity index is 894. The van der Waals surface area contributed by atoms with Gasteiger partial charge in [0.2, 0.25) is 10.0 Å². The molecule has 2 rings (SSSR count). The van der Waals surface area contributed by atoms with Gasteiger partial charge in [0.15, 0.2) is 0 Å². The molecular weight excluding hydrogens is 361 g/mol. The number of benzene rings is 2. The number of aryl methyl sites for hydroxylation is 1. The molecule has 0 aliphatic rings. The first kappa shape index (κ1) is 18.7. The van der Waals surface area contributed by atoms with Crippen LogP contribution in [0.15, 0.2) is 47.4 Å². The number of nitrogens with one attached hydrogen (secondary N) is 1. The normalized spacial score (nSPS) is 11.9. The molecule has 0 aromatic heterocycles. The van der Waals surface area contributed by atoms with Gasteiger partial charge in [-0.15, -0.1) is 13.2 Å². The van der Waals surface area contributed by atoms with E-state index in [-0.39, 0.29) is 16.1 Å². The highest BCUT2D eigenvalue weighted by atomic mass is 32.2. The molecule has 0 saturated carbocycles. The number of amides is 1. The van der Waals surface area contributed by atoms with E-state index in [1.807, 2.05) is 0 Å². The number of alkyl halides is 3. The molecule has 0 fully saturated rings. The fourth-order valence-electron chi connectivity index (χ4n) is 2.00. The van der Waals surface area contributed by atoms with E-state index in [0.717, 1.165) is 24.3 Å². The van der Waals surface area contributed by atoms with Crippen LogP contribution in [0.2, 0.25) is 0 Å². The number of nitrogens with two attached hydrogens (primary N) is 1. The number of hydrogen-bond donors (Lipinski definition) is 2. The maximum Gasteiger partial charge on any atom is 0.573 e. The monoisotopic (exact) mass is 374 g/mol. The highest BCUT2D eigenvalue weighted by molar-refractivity contribution is 7.89. The lowest BCUT2D eigenvalue weighted by Crippen LogP contribution is -2.17. The lowest BCUT2D eigenvalue weighted by Gasteiger charge is -2.10. The van der Waals surface area contributed by atoms with Gasteiger partial charge in [0.1, 0.15) is 5.75 Å². The lowest BCUT2D eigenvalue weighted by atomic mass is 10.2. The van der Waals surface area contributed by atoms with Crippen LogP contribution in [0, 0.1) is 6.92 Å². The zero-order valence-electron chi connectivity index (χ0n) is 12.8. The van der Waals surface area contributed by atoms with E-state index >= 15 is 0 Å². The van der Waals surface area contributed by atoms with Crippen molar-refractivity contribution in [1.29, 1.82) is 0 Å². The van der Waals surface area contributed by atoms with Gasteiger partial charge in [-0.3, -0.25) is 4.79 Å². The van der Waals surface area contributed by atoms with Crippen LogP contribution < -0.4 is 15.2 Å². The highest BCUT2D eigenvalue weighted by Gasteiger charge is 2.31. The number of sulfonamides is 1. The predicted molar refractivity (Wildman–Crippen MR) is 83.6 cm³/mol. The SMILES string of the molecule is Cc1ccc(NC(=O)c2ccc(OC(F)(F)F)cc2)cc1S(N)(=O)=O. The van der Waals surface area contributed by atoms with Gasteiger partial charge in [0.25, 0.3) is 5.91 Å². The number of ether oxygens (including phenoxy) is 1. The summed E-state index contributed by atoms with van der Waals surface area (Å²) >= 11 is 0. The van der Waals surface area contributed by atoms with Gasteiger partial charge >= 0.3 is 6.36 Å². The molecule has 0 radical (unpaired) electrons. The first-order valence-corrected chi connectivity index (χ1v) is 8.31. The van der Waals surface area contributed by atoms with Crippen LogP contribution >= 0.6 is 0 Å². The van der Waals surface area contributed by atoms with Crippen LogP contribution in [-0.2, 0) is 10.0 Å². The number of hydrogen-bond acceptors (Lipinski definition) is 4. The quantitative estimate of drug-likeness (QED) is 0.860. The van der Waals surface area contributed by atoms with Crippen molar-refractivity contribution in [3.05, 3.63) is 53.6 Å². The molecule has 0 saturated heterocycles. The number of rotatable bonds is 4. The Labute approximate surface area is 141 Å². The van der Waals surface area contributed by atoms with E-state index in [1.54, 1.807) is 6.92 Å². The first-order valence-electron chi connectivity index (χ1n) is 6.76. The van der Waals surface area contributed by atoms with Crippen LogP contribution in [0.3, 0.4) is 0 Å². The van der Waals surface area contributed by atoms with Crippen molar-refractivity contribution in [2.24, 2.45) is 5.14 Å². The minimum absolute atomic E-state index is 0.0623. The molecule has 0 atom stereocenters. The third-order valence-corrected chi connectivity index (χ3v) is 4.16. The minimum atomic E-state index is -4.82. The fourth-order valence-corrected chi connectivity index (χ4v) is 2.80. The van der Waals surface area contributed by atoms with E-state index < -0.39 is 28.0 Å². The molecule has 25 heavy (non-hydrogen) atoms. The zero-order valence-corrected chi connectivity index (χ0v) is 13.6. The minimum Gasteiger partial charge on any atom is -0.406 e. The second kappa shape index (κ2) is 6.73. The molecule has 134 valence electrons. The predicted octanol–water partition coefficient (Wildman–Crippen LogP) is 2.79. The summed E-state index contributed by atoms with van der Waals surface area (Å²) in [5.74, 6) is -1.10. The summed E-state index contributed by atoms with van der Waals surface area (Å²) < 4.78 is 62.9. The highest BCUT2D eigenvalue weighted by Crippen LogP contribution is 2.23. The van der Waals surface area contributed by atoms with Crippen LogP contribution in [-0.4, -0.2) is 20.7 Å². The molecule has 6 nitrogen and oxygen atoms in total. The summed E-state index contributed by atoms with van der Waals surface area (Å²) in [6, 6.07) is 8.42. The molecule has 3 N–H and O–H groups in total. The molecule has 0 unspecified atom stereocenters. The molecule has 0 heterocycles. The maximum absolute atomic E-state index is 12.1. The molecule has 2 aromatic rings. The summed E-state index contributed by atoms with van der Waals surface area (Å²) in [5.41, 5.74) is 0.650. The number of carbonyl (C=O) groups is 1. The molecule has 0 bridgehead atoms. The number of primary sulfonamides is 1. The zero-order chi connectivity index (χ0) is 18.8. The second-order valence-electron chi connectivity index (χ2n) is 5.05. The molecule has 2 aromatic carbocycles. The lowest BCUT2D eigenvalue weighted by molar-refractivity contribution is -0.274. The number of carbonyl (C=O) groups excluding carboxylic acids is 1. The van der Waals surface area contributed by atoms with Gasteiger partial charge in [-0.25, -0.2) is 13.6 Å². The van der Waals surface area contributed by atoms with Crippen molar-refractivity contribution < 1.29 is 31.1 Å². The smallest absolute Gasteiger partial charge is 0.406 e. The van der Waals surface area contributed by atoms with Gasteiger partial charge in [-0.05, 0) is 48.9 Å². The van der Waals surface area contributed by atoms with Crippen LogP contribution in [0.5, 0.6) is 5.75 Å².